The van der Waals surface area contributed by atoms with Gasteiger partial charge in [-0.2, -0.15) is 0 Å². The topological polar surface area (TPSA) is 29.5 Å². The van der Waals surface area contributed by atoms with Crippen LogP contribution in [0.1, 0.15) is 19.4 Å². The van der Waals surface area contributed by atoms with Crippen molar-refractivity contribution in [3.63, 3.8) is 0 Å². The van der Waals surface area contributed by atoms with Gasteiger partial charge in [-0.15, -0.1) is 0 Å². The first-order chi connectivity index (χ1) is 8.56. The first-order valence-electron chi connectivity index (χ1n) is 6.22. The van der Waals surface area contributed by atoms with Crippen molar-refractivity contribution in [1.29, 1.82) is 0 Å². The normalized spacial score (nSPS) is 24.1. The van der Waals surface area contributed by atoms with Crippen LogP contribution in [0.3, 0.4) is 0 Å². The van der Waals surface area contributed by atoms with Crippen molar-refractivity contribution in [2.24, 2.45) is 0 Å². The smallest absolute Gasteiger partial charge is 0.227 e. The number of ether oxygens (including phenoxy) is 1. The van der Waals surface area contributed by atoms with Gasteiger partial charge in [-0.05, 0) is 31.5 Å². The van der Waals surface area contributed by atoms with E-state index < -0.39 is 0 Å². The largest absolute Gasteiger partial charge is 0.375 e. The number of amides is 1. The number of halogens is 1. The van der Waals surface area contributed by atoms with Crippen molar-refractivity contribution in [3.8, 4) is 0 Å². The van der Waals surface area contributed by atoms with Gasteiger partial charge < -0.3 is 9.64 Å². The summed E-state index contributed by atoms with van der Waals surface area (Å²) < 4.78 is 5.52. The SMILES string of the molecule is CC1CN(C(=O)Cc2cccc(Cl)c2)C(C)CO1. The lowest BCUT2D eigenvalue weighted by atomic mass is 10.1. The molecule has 1 heterocycles. The molecule has 1 saturated heterocycles. The highest BCUT2D eigenvalue weighted by atomic mass is 35.5. The van der Waals surface area contributed by atoms with E-state index in [9.17, 15) is 4.79 Å². The molecule has 0 bridgehead atoms. The molecule has 3 nitrogen and oxygen atoms in total. The molecule has 2 atom stereocenters. The average molecular weight is 268 g/mol. The van der Waals surface area contributed by atoms with E-state index in [1.807, 2.05) is 43.0 Å². The van der Waals surface area contributed by atoms with Gasteiger partial charge in [-0.25, -0.2) is 0 Å². The second kappa shape index (κ2) is 5.72. The number of hydrogen-bond donors (Lipinski definition) is 0. The highest BCUT2D eigenvalue weighted by molar-refractivity contribution is 6.30. The molecule has 4 heteroatoms. The maximum absolute atomic E-state index is 12.3. The van der Waals surface area contributed by atoms with Crippen LogP contribution >= 0.6 is 11.6 Å². The lowest BCUT2D eigenvalue weighted by Gasteiger charge is -2.36. The lowest BCUT2D eigenvalue weighted by Crippen LogP contribution is -2.50. The van der Waals surface area contributed by atoms with Gasteiger partial charge in [0.2, 0.25) is 5.91 Å². The average Bonchev–Trinajstić information content (AvgIpc) is 2.32. The van der Waals surface area contributed by atoms with Crippen LogP contribution in [0.15, 0.2) is 24.3 Å². The van der Waals surface area contributed by atoms with Crippen molar-refractivity contribution in [2.45, 2.75) is 32.4 Å². The second-order valence-corrected chi connectivity index (χ2v) is 5.28. The van der Waals surface area contributed by atoms with Crippen LogP contribution < -0.4 is 0 Å². The van der Waals surface area contributed by atoms with E-state index >= 15 is 0 Å². The van der Waals surface area contributed by atoms with E-state index in [-0.39, 0.29) is 18.1 Å². The van der Waals surface area contributed by atoms with Crippen molar-refractivity contribution in [1.82, 2.24) is 4.90 Å². The van der Waals surface area contributed by atoms with Crippen LogP contribution in [-0.4, -0.2) is 36.1 Å². The zero-order chi connectivity index (χ0) is 13.1. The summed E-state index contributed by atoms with van der Waals surface area (Å²) in [5.41, 5.74) is 0.957. The van der Waals surface area contributed by atoms with Gasteiger partial charge in [0, 0.05) is 11.6 Å². The van der Waals surface area contributed by atoms with Crippen LogP contribution in [0.4, 0.5) is 0 Å². The van der Waals surface area contributed by atoms with Gasteiger partial charge in [0.1, 0.15) is 0 Å². The summed E-state index contributed by atoms with van der Waals surface area (Å²) in [6.07, 6.45) is 0.516. The summed E-state index contributed by atoms with van der Waals surface area (Å²) >= 11 is 5.92. The molecule has 0 spiro atoms. The van der Waals surface area contributed by atoms with Gasteiger partial charge in [0.15, 0.2) is 0 Å². The molecule has 0 radical (unpaired) electrons. The Morgan fingerprint density at radius 2 is 2.28 bits per heavy atom. The number of carbonyl (C=O) groups is 1. The summed E-state index contributed by atoms with van der Waals surface area (Å²) in [7, 11) is 0. The Labute approximate surface area is 113 Å². The quantitative estimate of drug-likeness (QED) is 0.824. The molecule has 0 aliphatic carbocycles. The summed E-state index contributed by atoms with van der Waals surface area (Å²) in [6.45, 7) is 5.29. The predicted octanol–water partition coefficient (Wildman–Crippen LogP) is 2.52. The van der Waals surface area contributed by atoms with Crippen molar-refractivity contribution < 1.29 is 9.53 Å². The number of benzene rings is 1. The molecule has 1 aromatic rings. The monoisotopic (exact) mass is 267 g/mol. The number of carbonyl (C=O) groups excluding carboxylic acids is 1. The molecule has 1 amide bonds. The fraction of sp³-hybridized carbons (Fsp3) is 0.500. The molecule has 1 aliphatic rings. The first-order valence-corrected chi connectivity index (χ1v) is 6.59. The van der Waals surface area contributed by atoms with Crippen molar-refractivity contribution in [2.75, 3.05) is 13.2 Å². The van der Waals surface area contributed by atoms with Gasteiger partial charge in [-0.3, -0.25) is 4.79 Å². The molecule has 0 saturated carbocycles. The van der Waals surface area contributed by atoms with E-state index in [1.54, 1.807) is 0 Å². The zero-order valence-corrected chi connectivity index (χ0v) is 11.5. The lowest BCUT2D eigenvalue weighted by molar-refractivity contribution is -0.142. The third-order valence-electron chi connectivity index (χ3n) is 3.17. The van der Waals surface area contributed by atoms with Gasteiger partial charge in [0.05, 0.1) is 25.2 Å². The maximum Gasteiger partial charge on any atom is 0.227 e. The minimum atomic E-state index is 0.115. The molecular formula is C14H18ClNO2. The number of nitrogens with zero attached hydrogens (tertiary/aromatic N) is 1. The van der Waals surface area contributed by atoms with Crippen LogP contribution in [-0.2, 0) is 16.0 Å². The molecule has 18 heavy (non-hydrogen) atoms. The highest BCUT2D eigenvalue weighted by Gasteiger charge is 2.27. The summed E-state index contributed by atoms with van der Waals surface area (Å²) in [5, 5.41) is 0.670. The van der Waals surface area contributed by atoms with Crippen LogP contribution in [0.5, 0.6) is 0 Å². The van der Waals surface area contributed by atoms with E-state index in [1.165, 1.54) is 0 Å². The molecule has 2 unspecified atom stereocenters. The van der Waals surface area contributed by atoms with Gasteiger partial charge in [0.25, 0.3) is 0 Å². The minimum absolute atomic E-state index is 0.115. The van der Waals surface area contributed by atoms with E-state index in [0.29, 0.717) is 24.6 Å². The molecule has 1 aliphatic heterocycles. The Morgan fingerprint density at radius 3 is 3.00 bits per heavy atom. The third kappa shape index (κ3) is 3.24. The summed E-state index contributed by atoms with van der Waals surface area (Å²) in [4.78, 5) is 14.2. The minimum Gasteiger partial charge on any atom is -0.375 e. The highest BCUT2D eigenvalue weighted by Crippen LogP contribution is 2.15. The molecule has 0 aromatic heterocycles. The van der Waals surface area contributed by atoms with Gasteiger partial charge >= 0.3 is 0 Å². The first kappa shape index (κ1) is 13.4. The predicted molar refractivity (Wildman–Crippen MR) is 71.7 cm³/mol. The van der Waals surface area contributed by atoms with Crippen LogP contribution in [0.2, 0.25) is 5.02 Å². The van der Waals surface area contributed by atoms with Crippen LogP contribution in [0, 0.1) is 0 Å². The van der Waals surface area contributed by atoms with Crippen molar-refractivity contribution in [3.05, 3.63) is 34.9 Å². The Bertz CT molecular complexity index is 436. The Hall–Kier alpha value is -1.06. The number of rotatable bonds is 2. The summed E-state index contributed by atoms with van der Waals surface area (Å²) in [6, 6.07) is 7.60. The Morgan fingerprint density at radius 1 is 1.50 bits per heavy atom. The van der Waals surface area contributed by atoms with E-state index in [2.05, 4.69) is 0 Å². The Balaban J connectivity index is 2.02. The maximum atomic E-state index is 12.3. The molecule has 2 rings (SSSR count). The van der Waals surface area contributed by atoms with Crippen LogP contribution in [0.25, 0.3) is 0 Å². The van der Waals surface area contributed by atoms with Crippen molar-refractivity contribution >= 4 is 17.5 Å². The fourth-order valence-electron chi connectivity index (χ4n) is 2.17. The molecule has 1 aromatic carbocycles. The zero-order valence-electron chi connectivity index (χ0n) is 10.7. The molecular weight excluding hydrogens is 250 g/mol. The second-order valence-electron chi connectivity index (χ2n) is 4.85. The molecule has 1 fully saturated rings. The van der Waals surface area contributed by atoms with E-state index in [4.69, 9.17) is 16.3 Å². The fourth-order valence-corrected chi connectivity index (χ4v) is 2.39. The molecule has 0 N–H and O–H groups in total. The Kier molecular flexibility index (Phi) is 4.25. The number of hydrogen-bond acceptors (Lipinski definition) is 2. The molecule has 98 valence electrons. The third-order valence-corrected chi connectivity index (χ3v) is 3.41. The van der Waals surface area contributed by atoms with Gasteiger partial charge in [-0.1, -0.05) is 23.7 Å². The summed E-state index contributed by atoms with van der Waals surface area (Å²) in [5.74, 6) is 0.139. The van der Waals surface area contributed by atoms with E-state index in [0.717, 1.165) is 5.56 Å². The standard InChI is InChI=1S/C14H18ClNO2/c1-10-9-18-11(2)8-16(10)14(17)7-12-4-3-5-13(15)6-12/h3-6,10-11H,7-9H2,1-2H3. The number of morpholine rings is 1.